The number of hydrogen-bond acceptors (Lipinski definition) is 1. The molecule has 2 rings (SSSR count). The van der Waals surface area contributed by atoms with Gasteiger partial charge in [-0.2, -0.15) is 0 Å². The fourth-order valence-electron chi connectivity index (χ4n) is 3.64. The van der Waals surface area contributed by atoms with E-state index >= 15 is 0 Å². The summed E-state index contributed by atoms with van der Waals surface area (Å²) in [4.78, 5) is 0. The number of rotatable bonds is 1. The zero-order valence-electron chi connectivity index (χ0n) is 11.2. The molecule has 4 unspecified atom stereocenters. The van der Waals surface area contributed by atoms with Gasteiger partial charge in [0.25, 0.3) is 0 Å². The van der Waals surface area contributed by atoms with E-state index in [-0.39, 0.29) is 0 Å². The average molecular weight is 222 g/mol. The summed E-state index contributed by atoms with van der Waals surface area (Å²) in [5.74, 6) is 3.22. The summed E-state index contributed by atoms with van der Waals surface area (Å²) >= 11 is 0. The van der Waals surface area contributed by atoms with Crippen LogP contribution in [-0.2, 0) is 0 Å². The standard InChI is InChI=1S/C15H26O/c1-10-5-7-12(15(3,4)16)9-14-11(2)6-8-13(10)14/h9-11,13-14,16H,5-8H2,1-4H3. The van der Waals surface area contributed by atoms with Crippen LogP contribution < -0.4 is 0 Å². The highest BCUT2D eigenvalue weighted by molar-refractivity contribution is 5.19. The van der Waals surface area contributed by atoms with Gasteiger partial charge in [0, 0.05) is 0 Å². The van der Waals surface area contributed by atoms with E-state index in [0.717, 1.165) is 30.1 Å². The van der Waals surface area contributed by atoms with Crippen molar-refractivity contribution >= 4 is 0 Å². The molecule has 0 heterocycles. The van der Waals surface area contributed by atoms with Gasteiger partial charge in [-0.25, -0.2) is 0 Å². The summed E-state index contributed by atoms with van der Waals surface area (Å²) in [5, 5.41) is 10.2. The first-order chi connectivity index (χ1) is 7.39. The Bertz CT molecular complexity index is 284. The van der Waals surface area contributed by atoms with E-state index < -0.39 is 5.60 Å². The van der Waals surface area contributed by atoms with Gasteiger partial charge in [0.1, 0.15) is 0 Å². The van der Waals surface area contributed by atoms with Gasteiger partial charge in [-0.05, 0) is 68.8 Å². The SMILES string of the molecule is CC1CCC2C(C)CCC(C(C)(C)O)=CC12. The van der Waals surface area contributed by atoms with Gasteiger partial charge in [0.05, 0.1) is 5.60 Å². The largest absolute Gasteiger partial charge is 0.386 e. The third-order valence-electron chi connectivity index (χ3n) is 4.89. The van der Waals surface area contributed by atoms with Crippen molar-refractivity contribution in [3.8, 4) is 0 Å². The fraction of sp³-hybridized carbons (Fsp3) is 0.867. The van der Waals surface area contributed by atoms with Crippen molar-refractivity contribution < 1.29 is 5.11 Å². The van der Waals surface area contributed by atoms with Crippen LogP contribution in [0.5, 0.6) is 0 Å². The van der Waals surface area contributed by atoms with Crippen LogP contribution in [0.3, 0.4) is 0 Å². The maximum atomic E-state index is 10.2. The van der Waals surface area contributed by atoms with Gasteiger partial charge in [-0.3, -0.25) is 0 Å². The van der Waals surface area contributed by atoms with E-state index in [0.29, 0.717) is 0 Å². The summed E-state index contributed by atoms with van der Waals surface area (Å²) in [6, 6.07) is 0. The highest BCUT2D eigenvalue weighted by Gasteiger charge is 2.38. The van der Waals surface area contributed by atoms with E-state index in [1.807, 2.05) is 13.8 Å². The Morgan fingerprint density at radius 2 is 1.81 bits per heavy atom. The molecule has 0 saturated heterocycles. The molecule has 0 aliphatic heterocycles. The maximum Gasteiger partial charge on any atom is 0.0800 e. The zero-order valence-corrected chi connectivity index (χ0v) is 11.2. The van der Waals surface area contributed by atoms with E-state index in [2.05, 4.69) is 19.9 Å². The van der Waals surface area contributed by atoms with Crippen molar-refractivity contribution in [1.29, 1.82) is 0 Å². The van der Waals surface area contributed by atoms with Gasteiger partial charge in [0.2, 0.25) is 0 Å². The predicted octanol–water partition coefficient (Wildman–Crippen LogP) is 3.78. The summed E-state index contributed by atoms with van der Waals surface area (Å²) in [5.41, 5.74) is 0.664. The molecule has 1 fully saturated rings. The van der Waals surface area contributed by atoms with Crippen LogP contribution in [0.4, 0.5) is 0 Å². The lowest BCUT2D eigenvalue weighted by Crippen LogP contribution is -2.22. The predicted molar refractivity (Wildman–Crippen MR) is 68.2 cm³/mol. The molecule has 0 spiro atoms. The minimum Gasteiger partial charge on any atom is -0.386 e. The van der Waals surface area contributed by atoms with Crippen LogP contribution in [0.15, 0.2) is 11.6 Å². The van der Waals surface area contributed by atoms with Crippen LogP contribution >= 0.6 is 0 Å². The fourth-order valence-corrected chi connectivity index (χ4v) is 3.64. The molecule has 1 heteroatoms. The molecule has 0 aromatic rings. The van der Waals surface area contributed by atoms with Crippen LogP contribution in [-0.4, -0.2) is 10.7 Å². The molecule has 92 valence electrons. The van der Waals surface area contributed by atoms with Gasteiger partial charge in [0.15, 0.2) is 0 Å². The van der Waals surface area contributed by atoms with Gasteiger partial charge >= 0.3 is 0 Å². The van der Waals surface area contributed by atoms with Crippen molar-refractivity contribution in [1.82, 2.24) is 0 Å². The van der Waals surface area contributed by atoms with Crippen LogP contribution in [0.2, 0.25) is 0 Å². The molecule has 0 bridgehead atoms. The normalized spacial score (nSPS) is 40.2. The number of allylic oxidation sites excluding steroid dienone is 1. The molecule has 1 N–H and O–H groups in total. The van der Waals surface area contributed by atoms with Gasteiger partial charge in [-0.1, -0.05) is 19.9 Å². The number of hydrogen-bond donors (Lipinski definition) is 1. The van der Waals surface area contributed by atoms with Crippen LogP contribution in [0.1, 0.15) is 53.4 Å². The highest BCUT2D eigenvalue weighted by Crippen LogP contribution is 2.47. The summed E-state index contributed by atoms with van der Waals surface area (Å²) in [6.07, 6.45) is 7.53. The Kier molecular flexibility index (Phi) is 3.18. The number of aliphatic hydroxyl groups is 1. The second-order valence-electron chi connectivity index (χ2n) is 6.56. The van der Waals surface area contributed by atoms with E-state index in [1.165, 1.54) is 24.8 Å². The summed E-state index contributed by atoms with van der Waals surface area (Å²) < 4.78 is 0. The van der Waals surface area contributed by atoms with Crippen molar-refractivity contribution in [3.05, 3.63) is 11.6 Å². The second kappa shape index (κ2) is 4.18. The lowest BCUT2D eigenvalue weighted by atomic mass is 9.82. The first kappa shape index (κ1) is 12.2. The van der Waals surface area contributed by atoms with E-state index in [9.17, 15) is 5.11 Å². The van der Waals surface area contributed by atoms with Crippen LogP contribution in [0.25, 0.3) is 0 Å². The molecule has 0 radical (unpaired) electrons. The van der Waals surface area contributed by atoms with E-state index in [1.54, 1.807) is 0 Å². The van der Waals surface area contributed by atoms with Gasteiger partial charge < -0.3 is 5.11 Å². The third kappa shape index (κ3) is 2.20. The number of fused-ring (bicyclic) bond motifs is 1. The smallest absolute Gasteiger partial charge is 0.0800 e. The van der Waals surface area contributed by atoms with Crippen LogP contribution in [0, 0.1) is 23.7 Å². The Hall–Kier alpha value is -0.300. The quantitative estimate of drug-likeness (QED) is 0.669. The molecule has 0 amide bonds. The summed E-state index contributed by atoms with van der Waals surface area (Å²) in [6.45, 7) is 8.64. The highest BCUT2D eigenvalue weighted by atomic mass is 16.3. The Labute approximate surface area is 99.9 Å². The molecule has 16 heavy (non-hydrogen) atoms. The van der Waals surface area contributed by atoms with Crippen molar-refractivity contribution in [3.63, 3.8) is 0 Å². The Morgan fingerprint density at radius 3 is 2.44 bits per heavy atom. The van der Waals surface area contributed by atoms with E-state index in [4.69, 9.17) is 0 Å². The average Bonchev–Trinajstić information content (AvgIpc) is 2.42. The molecule has 4 atom stereocenters. The molecular formula is C15H26O. The summed E-state index contributed by atoms with van der Waals surface area (Å²) in [7, 11) is 0. The first-order valence-corrected chi connectivity index (χ1v) is 6.83. The zero-order chi connectivity index (χ0) is 11.9. The lowest BCUT2D eigenvalue weighted by molar-refractivity contribution is 0.114. The van der Waals surface area contributed by atoms with Crippen molar-refractivity contribution in [2.45, 2.75) is 59.0 Å². The molecule has 2 aliphatic rings. The van der Waals surface area contributed by atoms with Crippen molar-refractivity contribution in [2.75, 3.05) is 0 Å². The molecule has 1 saturated carbocycles. The second-order valence-corrected chi connectivity index (χ2v) is 6.56. The Balaban J connectivity index is 2.27. The van der Waals surface area contributed by atoms with Gasteiger partial charge in [-0.15, -0.1) is 0 Å². The lowest BCUT2D eigenvalue weighted by Gasteiger charge is -2.24. The minimum absolute atomic E-state index is 0.614. The molecule has 2 aliphatic carbocycles. The van der Waals surface area contributed by atoms with Crippen molar-refractivity contribution in [2.24, 2.45) is 23.7 Å². The molecule has 0 aromatic heterocycles. The monoisotopic (exact) mass is 222 g/mol. The Morgan fingerprint density at radius 1 is 1.12 bits per heavy atom. The molecule has 1 nitrogen and oxygen atoms in total. The first-order valence-electron chi connectivity index (χ1n) is 6.83. The maximum absolute atomic E-state index is 10.2. The molecular weight excluding hydrogens is 196 g/mol. The topological polar surface area (TPSA) is 20.2 Å². The third-order valence-corrected chi connectivity index (χ3v) is 4.89. The molecule has 0 aromatic carbocycles. The minimum atomic E-state index is -0.614.